The third-order valence-corrected chi connectivity index (χ3v) is 2.38. The van der Waals surface area contributed by atoms with Crippen LogP contribution in [0.5, 0.6) is 0 Å². The fourth-order valence-corrected chi connectivity index (χ4v) is 1.67. The Labute approximate surface area is 98.7 Å². The van der Waals surface area contributed by atoms with Gasteiger partial charge in [-0.25, -0.2) is 4.79 Å². The van der Waals surface area contributed by atoms with Gasteiger partial charge in [-0.1, -0.05) is 22.6 Å². The predicted octanol–water partition coefficient (Wildman–Crippen LogP) is 1.95. The molecule has 0 fully saturated rings. The molecule has 0 saturated heterocycles. The van der Waals surface area contributed by atoms with Gasteiger partial charge in [0.25, 0.3) is 0 Å². The van der Waals surface area contributed by atoms with Crippen LogP contribution in [-0.4, -0.2) is 33.5 Å². The molecule has 0 heterocycles. The summed E-state index contributed by atoms with van der Waals surface area (Å²) in [6, 6.07) is -1.74. The van der Waals surface area contributed by atoms with Crippen molar-refractivity contribution in [1.29, 1.82) is 0 Å². The van der Waals surface area contributed by atoms with Crippen molar-refractivity contribution >= 4 is 28.7 Å². The molecule has 0 bridgehead atoms. The second-order valence-electron chi connectivity index (χ2n) is 3.45. The van der Waals surface area contributed by atoms with E-state index in [1.165, 1.54) is 13.8 Å². The molecule has 0 radical (unpaired) electrons. The average Bonchev–Trinajstić information content (AvgIpc) is 1.95. The number of amides is 1. The summed E-state index contributed by atoms with van der Waals surface area (Å²) < 4.78 is 36.8. The largest absolute Gasteiger partial charge is 0.465 e. The van der Waals surface area contributed by atoms with E-state index in [-0.39, 0.29) is 4.43 Å². The first-order chi connectivity index (χ1) is 6.58. The molecular weight excluding hydrogens is 328 g/mol. The van der Waals surface area contributed by atoms with Crippen LogP contribution in [0.2, 0.25) is 0 Å². The minimum Gasteiger partial charge on any atom is -0.465 e. The van der Waals surface area contributed by atoms with Gasteiger partial charge in [-0.2, -0.15) is 13.2 Å². The van der Waals surface area contributed by atoms with Crippen molar-refractivity contribution < 1.29 is 23.1 Å². The highest BCUT2D eigenvalue weighted by Gasteiger charge is 2.41. The van der Waals surface area contributed by atoms with E-state index in [0.29, 0.717) is 0 Å². The fourth-order valence-electron chi connectivity index (χ4n) is 0.947. The van der Waals surface area contributed by atoms with Crippen LogP contribution in [-0.2, 0) is 0 Å². The van der Waals surface area contributed by atoms with E-state index >= 15 is 0 Å². The lowest BCUT2D eigenvalue weighted by atomic mass is 10.2. The standard InChI is InChI=1S/C7H12F3IN2O2/c1-6(2,13-5(14)15)12-4(3-11)7(8,9)10/h4,12-13H,3H2,1-2H3,(H,14,15)/t4-/m1/s1. The van der Waals surface area contributed by atoms with Crippen LogP contribution in [0.3, 0.4) is 0 Å². The van der Waals surface area contributed by atoms with Gasteiger partial charge in [0.1, 0.15) is 6.04 Å². The number of carboxylic acid groups (broad SMARTS) is 1. The summed E-state index contributed by atoms with van der Waals surface area (Å²) in [4.78, 5) is 10.3. The molecule has 0 unspecified atom stereocenters. The predicted molar refractivity (Wildman–Crippen MR) is 57.1 cm³/mol. The zero-order valence-electron chi connectivity index (χ0n) is 8.15. The number of rotatable bonds is 4. The first kappa shape index (κ1) is 14.8. The summed E-state index contributed by atoms with van der Waals surface area (Å²) in [6.07, 6.45) is -5.76. The summed E-state index contributed by atoms with van der Waals surface area (Å²) in [5, 5.41) is 12.6. The lowest BCUT2D eigenvalue weighted by Crippen LogP contribution is -2.61. The Morgan fingerprint density at radius 3 is 2.20 bits per heavy atom. The van der Waals surface area contributed by atoms with Crippen LogP contribution >= 0.6 is 22.6 Å². The van der Waals surface area contributed by atoms with Crippen molar-refractivity contribution in [2.75, 3.05) is 4.43 Å². The molecule has 0 aromatic heterocycles. The van der Waals surface area contributed by atoms with Crippen molar-refractivity contribution in [1.82, 2.24) is 10.6 Å². The van der Waals surface area contributed by atoms with Gasteiger partial charge in [0.2, 0.25) is 0 Å². The van der Waals surface area contributed by atoms with Crippen molar-refractivity contribution in [3.05, 3.63) is 0 Å². The third-order valence-electron chi connectivity index (χ3n) is 1.50. The minimum atomic E-state index is -4.39. The fraction of sp³-hybridized carbons (Fsp3) is 0.857. The van der Waals surface area contributed by atoms with Crippen molar-refractivity contribution in [2.24, 2.45) is 0 Å². The Bertz CT molecular complexity index is 233. The van der Waals surface area contributed by atoms with E-state index in [1.54, 1.807) is 22.6 Å². The Kier molecular flexibility index (Phi) is 5.10. The first-order valence-electron chi connectivity index (χ1n) is 4.00. The number of nitrogens with one attached hydrogen (secondary N) is 2. The van der Waals surface area contributed by atoms with Crippen molar-refractivity contribution in [3.63, 3.8) is 0 Å². The molecule has 1 atom stereocenters. The highest BCUT2D eigenvalue weighted by atomic mass is 127. The smallest absolute Gasteiger partial charge is 0.406 e. The van der Waals surface area contributed by atoms with Crippen molar-refractivity contribution in [3.8, 4) is 0 Å². The summed E-state index contributed by atoms with van der Waals surface area (Å²) in [7, 11) is 0. The summed E-state index contributed by atoms with van der Waals surface area (Å²) >= 11 is 1.59. The Morgan fingerprint density at radius 1 is 1.47 bits per heavy atom. The van der Waals surface area contributed by atoms with Gasteiger partial charge in [0.15, 0.2) is 0 Å². The SMILES string of the molecule is CC(C)(NC(=O)O)N[C@H](CI)C(F)(F)F. The average molecular weight is 340 g/mol. The van der Waals surface area contributed by atoms with E-state index in [0.717, 1.165) is 0 Å². The Balaban J connectivity index is 4.47. The lowest BCUT2D eigenvalue weighted by Gasteiger charge is -2.31. The summed E-state index contributed by atoms with van der Waals surface area (Å²) in [5.74, 6) is 0. The van der Waals surface area contributed by atoms with Crippen LogP contribution < -0.4 is 10.6 Å². The molecule has 0 rings (SSSR count). The maximum absolute atomic E-state index is 12.3. The number of halogens is 4. The van der Waals surface area contributed by atoms with Crippen LogP contribution in [0.25, 0.3) is 0 Å². The molecule has 0 aliphatic heterocycles. The Morgan fingerprint density at radius 2 is 1.93 bits per heavy atom. The topological polar surface area (TPSA) is 61.4 Å². The monoisotopic (exact) mass is 340 g/mol. The normalized spacial score (nSPS) is 14.8. The molecule has 8 heteroatoms. The molecule has 0 spiro atoms. The molecule has 15 heavy (non-hydrogen) atoms. The van der Waals surface area contributed by atoms with Crippen molar-refractivity contribution in [2.45, 2.75) is 31.7 Å². The highest BCUT2D eigenvalue weighted by Crippen LogP contribution is 2.23. The maximum Gasteiger partial charge on any atom is 0.406 e. The van der Waals surface area contributed by atoms with Crippen LogP contribution in [0, 0.1) is 0 Å². The quantitative estimate of drug-likeness (QED) is 0.417. The molecule has 0 aromatic carbocycles. The second kappa shape index (κ2) is 5.19. The molecule has 0 aliphatic rings. The summed E-state index contributed by atoms with van der Waals surface area (Å²) in [6.45, 7) is 2.65. The molecule has 0 saturated carbocycles. The molecule has 0 aromatic rings. The number of alkyl halides is 4. The minimum absolute atomic E-state index is 0.189. The van der Waals surface area contributed by atoms with Gasteiger partial charge in [-0.15, -0.1) is 0 Å². The molecule has 1 amide bonds. The molecule has 0 aliphatic carbocycles. The van der Waals surface area contributed by atoms with E-state index in [4.69, 9.17) is 5.11 Å². The van der Waals surface area contributed by atoms with E-state index in [1.807, 2.05) is 5.32 Å². The van der Waals surface area contributed by atoms with Gasteiger partial charge in [-0.3, -0.25) is 5.32 Å². The summed E-state index contributed by atoms with van der Waals surface area (Å²) in [5.41, 5.74) is -1.32. The van der Waals surface area contributed by atoms with Gasteiger partial charge in [0.05, 0.1) is 5.66 Å². The molecule has 3 N–H and O–H groups in total. The maximum atomic E-state index is 12.3. The Hall–Kier alpha value is -0.250. The molecular formula is C7H12F3IN2O2. The molecule has 90 valence electrons. The van der Waals surface area contributed by atoms with Gasteiger partial charge < -0.3 is 10.4 Å². The molecule has 4 nitrogen and oxygen atoms in total. The van der Waals surface area contributed by atoms with E-state index < -0.39 is 24.0 Å². The number of hydrogen-bond donors (Lipinski definition) is 3. The second-order valence-corrected chi connectivity index (χ2v) is 4.33. The number of hydrogen-bond acceptors (Lipinski definition) is 2. The third kappa shape index (κ3) is 6.03. The lowest BCUT2D eigenvalue weighted by molar-refractivity contribution is -0.154. The van der Waals surface area contributed by atoms with Crippen LogP contribution in [0.1, 0.15) is 13.8 Å². The zero-order chi connectivity index (χ0) is 12.3. The van der Waals surface area contributed by atoms with E-state index in [2.05, 4.69) is 5.32 Å². The highest BCUT2D eigenvalue weighted by molar-refractivity contribution is 14.1. The number of carbonyl (C=O) groups is 1. The van der Waals surface area contributed by atoms with Crippen LogP contribution in [0.15, 0.2) is 0 Å². The van der Waals surface area contributed by atoms with Crippen LogP contribution in [0.4, 0.5) is 18.0 Å². The van der Waals surface area contributed by atoms with E-state index in [9.17, 15) is 18.0 Å². The van der Waals surface area contributed by atoms with Gasteiger partial charge in [-0.05, 0) is 13.8 Å². The van der Waals surface area contributed by atoms with Gasteiger partial charge >= 0.3 is 12.3 Å². The zero-order valence-corrected chi connectivity index (χ0v) is 10.3. The first-order valence-corrected chi connectivity index (χ1v) is 5.52. The van der Waals surface area contributed by atoms with Gasteiger partial charge in [0, 0.05) is 4.43 Å².